The Labute approximate surface area is 520 Å². The molecule has 0 bridgehead atoms. The summed E-state index contributed by atoms with van der Waals surface area (Å²) in [5.41, 5.74) is 0.989. The highest BCUT2D eigenvalue weighted by molar-refractivity contribution is 6.09. The molecule has 11 atom stereocenters. The molecule has 0 radical (unpaired) electrons. The van der Waals surface area contributed by atoms with Crippen molar-refractivity contribution in [1.82, 2.24) is 25.1 Å². The Balaban J connectivity index is 0.000000457. The van der Waals surface area contributed by atoms with Gasteiger partial charge >= 0.3 is 0 Å². The summed E-state index contributed by atoms with van der Waals surface area (Å²) in [5.74, 6) is -1.00. The van der Waals surface area contributed by atoms with Crippen molar-refractivity contribution < 1.29 is 71.7 Å². The summed E-state index contributed by atoms with van der Waals surface area (Å²) in [5, 5.41) is 4.08. The van der Waals surface area contributed by atoms with Crippen LogP contribution < -0.4 is 5.32 Å². The monoisotopic (exact) mass is 1230 g/mol. The van der Waals surface area contributed by atoms with Gasteiger partial charge in [-0.3, -0.25) is 52.9 Å². The number of likely N-dealkylation sites (tertiary alicyclic amines) is 1. The molecule has 1 aliphatic carbocycles. The maximum absolute atomic E-state index is 13.9. The van der Waals surface area contributed by atoms with Gasteiger partial charge in [0.05, 0.1) is 94.8 Å². The number of hydroxylamine groups is 2. The number of likely N-dealkylation sites (N-methyl/N-ethyl adjacent to an activating group) is 2. The van der Waals surface area contributed by atoms with E-state index in [0.717, 1.165) is 37.7 Å². The number of carbonyl (C=O) groups excluding carboxylic acids is 9. The van der Waals surface area contributed by atoms with E-state index in [2.05, 4.69) is 58.7 Å². The minimum atomic E-state index is -0.558. The molecule has 2 aliphatic heterocycles. The molecule has 1 saturated carbocycles. The number of ketones is 5. The molecule has 1 aromatic carbocycles. The topological polar surface area (TPSA) is 234 Å². The van der Waals surface area contributed by atoms with E-state index in [1.54, 1.807) is 33.1 Å². The van der Waals surface area contributed by atoms with E-state index in [9.17, 15) is 43.2 Å². The fourth-order valence-electron chi connectivity index (χ4n) is 12.0. The molecule has 3 aliphatic rings. The third kappa shape index (κ3) is 25.9. The predicted octanol–water partition coefficient (Wildman–Crippen LogP) is 7.58. The van der Waals surface area contributed by atoms with Gasteiger partial charge in [0, 0.05) is 91.8 Å². The zero-order valence-electron chi connectivity index (χ0n) is 55.5. The molecule has 1 aromatic rings. The SMILES string of the molecule is CC1CC(=O)C(CCOCCOCCOCCC(=O)NCC(=O)CCCN(C)[C@H](C(=O)C[C@H](C)C(C)C)C(C)C)C1=O.CC[C@H](C)[C@@H]([C@@H](CC(=O)N1CCC[C@H]1[C@H](OC)[C@@H](C)C(=O)C[C@@H](Cc1ccccc1)C(=O)N1CCCCO1)OC)N(C)C(C)=O. The van der Waals surface area contributed by atoms with Crippen LogP contribution in [0.3, 0.4) is 0 Å². The fraction of sp³-hybridized carbons (Fsp3) is 0.776. The van der Waals surface area contributed by atoms with Crippen LogP contribution in [0.15, 0.2) is 30.3 Å². The van der Waals surface area contributed by atoms with E-state index in [4.69, 9.17) is 28.5 Å². The lowest BCUT2D eigenvalue weighted by Crippen LogP contribution is -2.52. The van der Waals surface area contributed by atoms with Gasteiger partial charge in [-0.25, -0.2) is 5.06 Å². The Morgan fingerprint density at radius 2 is 1.41 bits per heavy atom. The van der Waals surface area contributed by atoms with E-state index < -0.39 is 30.0 Å². The number of ether oxygens (including phenoxy) is 5. The van der Waals surface area contributed by atoms with Crippen molar-refractivity contribution in [2.45, 2.75) is 189 Å². The van der Waals surface area contributed by atoms with Crippen molar-refractivity contribution in [2.24, 2.45) is 47.3 Å². The minimum Gasteiger partial charge on any atom is -0.379 e. The number of nitrogens with zero attached hydrogens (tertiary/aromatic N) is 4. The van der Waals surface area contributed by atoms with Crippen molar-refractivity contribution in [3.05, 3.63) is 35.9 Å². The third-order valence-corrected chi connectivity index (χ3v) is 17.9. The molecule has 494 valence electrons. The second-order valence-electron chi connectivity index (χ2n) is 25.2. The summed E-state index contributed by atoms with van der Waals surface area (Å²) in [7, 11) is 6.88. The van der Waals surface area contributed by atoms with Gasteiger partial charge in [-0.1, -0.05) is 99.1 Å². The molecular weight excluding hydrogens is 1110 g/mol. The second kappa shape index (κ2) is 40.7. The third-order valence-electron chi connectivity index (χ3n) is 17.9. The molecular formula is C67H111N5O15. The quantitative estimate of drug-likeness (QED) is 0.0493. The number of rotatable bonds is 40. The Hall–Kier alpha value is -4.83. The van der Waals surface area contributed by atoms with Crippen molar-refractivity contribution in [3.8, 4) is 0 Å². The van der Waals surface area contributed by atoms with Gasteiger partial charge in [0.25, 0.3) is 0 Å². The highest BCUT2D eigenvalue weighted by atomic mass is 16.7. The Kier molecular flexibility index (Phi) is 35.8. The summed E-state index contributed by atoms with van der Waals surface area (Å²) < 4.78 is 28.1. The summed E-state index contributed by atoms with van der Waals surface area (Å²) in [6, 6.07) is 9.06. The lowest BCUT2D eigenvalue weighted by Gasteiger charge is -2.39. The highest BCUT2D eigenvalue weighted by Crippen LogP contribution is 2.32. The molecule has 2 heterocycles. The van der Waals surface area contributed by atoms with Crippen LogP contribution in [0.1, 0.15) is 158 Å². The second-order valence-corrected chi connectivity index (χ2v) is 25.2. The Morgan fingerprint density at radius 3 is 1.98 bits per heavy atom. The number of hydrogen-bond donors (Lipinski definition) is 1. The van der Waals surface area contributed by atoms with Gasteiger partial charge in [0.15, 0.2) is 5.78 Å². The van der Waals surface area contributed by atoms with Crippen LogP contribution in [0, 0.1) is 47.3 Å². The maximum atomic E-state index is 13.9. The number of carbonyl (C=O) groups is 9. The van der Waals surface area contributed by atoms with Gasteiger partial charge in [0.2, 0.25) is 23.6 Å². The molecule has 4 rings (SSSR count). The fourth-order valence-corrected chi connectivity index (χ4v) is 12.0. The van der Waals surface area contributed by atoms with Gasteiger partial charge < -0.3 is 38.8 Å². The largest absolute Gasteiger partial charge is 0.379 e. The molecule has 87 heavy (non-hydrogen) atoms. The summed E-state index contributed by atoms with van der Waals surface area (Å²) in [6.45, 7) is 24.0. The zero-order chi connectivity index (χ0) is 64.8. The van der Waals surface area contributed by atoms with E-state index in [-0.39, 0.29) is 121 Å². The van der Waals surface area contributed by atoms with Crippen LogP contribution >= 0.6 is 0 Å². The zero-order valence-corrected chi connectivity index (χ0v) is 55.5. The van der Waals surface area contributed by atoms with Crippen LogP contribution in [0.5, 0.6) is 0 Å². The van der Waals surface area contributed by atoms with Crippen molar-refractivity contribution in [3.63, 3.8) is 0 Å². The van der Waals surface area contributed by atoms with E-state index in [1.807, 2.05) is 49.2 Å². The van der Waals surface area contributed by atoms with Crippen molar-refractivity contribution in [1.29, 1.82) is 0 Å². The Bertz CT molecular complexity index is 2280. The average Bonchev–Trinajstić information content (AvgIpc) is 2.64. The number of amides is 4. The van der Waals surface area contributed by atoms with Crippen LogP contribution in [0.2, 0.25) is 0 Å². The number of hydrogen-bond acceptors (Lipinski definition) is 16. The smallest absolute Gasteiger partial charge is 0.250 e. The molecule has 0 aromatic heterocycles. The standard InChI is InChI=1S/C35H55N3O7.C32H56N2O8/c1-8-24(2)33(36(5)26(4)39)31(43-6)23-32(41)37-18-14-17-29(37)34(44-7)25(3)30(40)22-28(21-27-15-10-9-11-16-27)35(42)38-19-12-13-20-45-38;1-22(2)24(5)19-29(37)31(23(3)4)34(7)12-8-9-26(35)21-33-30(38)11-14-41-16-18-42-17-15-40-13-10-27-28(36)20-25(6)32(27)39/h9-11,15-16,24-25,28-29,31,33-34H,8,12-14,17-23H2,1-7H3;22-25,27,31H,8-21H2,1-7H3,(H,33,38)/t24-,25-,28+,29-,31+,33-,34+;24-,25?,27?,31-/m00/s1. The summed E-state index contributed by atoms with van der Waals surface area (Å²) in [4.78, 5) is 126. The van der Waals surface area contributed by atoms with E-state index in [1.165, 1.54) is 12.0 Å². The van der Waals surface area contributed by atoms with Crippen LogP contribution in [0.25, 0.3) is 0 Å². The van der Waals surface area contributed by atoms with Crippen LogP contribution in [-0.2, 0) is 78.1 Å². The first-order chi connectivity index (χ1) is 41.4. The lowest BCUT2D eigenvalue weighted by molar-refractivity contribution is -0.201. The highest BCUT2D eigenvalue weighted by Gasteiger charge is 2.43. The molecule has 0 spiro atoms. The first-order valence-corrected chi connectivity index (χ1v) is 32.3. The van der Waals surface area contributed by atoms with Gasteiger partial charge in [-0.15, -0.1) is 0 Å². The number of methoxy groups -OCH3 is 2. The first-order valence-electron chi connectivity index (χ1n) is 32.3. The van der Waals surface area contributed by atoms with Crippen LogP contribution in [0.4, 0.5) is 0 Å². The van der Waals surface area contributed by atoms with Gasteiger partial charge in [-0.2, -0.15) is 0 Å². The maximum Gasteiger partial charge on any atom is 0.250 e. The minimum absolute atomic E-state index is 0.00774. The van der Waals surface area contributed by atoms with Crippen molar-refractivity contribution >= 4 is 52.5 Å². The van der Waals surface area contributed by atoms with E-state index in [0.29, 0.717) is 110 Å². The normalized spacial score (nSPS) is 19.9. The molecule has 20 nitrogen and oxygen atoms in total. The molecule has 3 fully saturated rings. The number of nitrogens with one attached hydrogen (secondary N) is 1. The predicted molar refractivity (Wildman–Crippen MR) is 333 cm³/mol. The summed E-state index contributed by atoms with van der Waals surface area (Å²) in [6.07, 6.45) is 6.25. The van der Waals surface area contributed by atoms with E-state index >= 15 is 0 Å². The molecule has 2 saturated heterocycles. The number of Topliss-reactive ketones (excluding diaryl/α,β-unsaturated/α-hetero) is 5. The van der Waals surface area contributed by atoms with Crippen molar-refractivity contribution in [2.75, 3.05) is 101 Å². The summed E-state index contributed by atoms with van der Waals surface area (Å²) >= 11 is 0. The molecule has 20 heteroatoms. The Morgan fingerprint density at radius 1 is 0.759 bits per heavy atom. The number of benzene rings is 1. The molecule has 1 N–H and O–H groups in total. The van der Waals surface area contributed by atoms with Gasteiger partial charge in [0.1, 0.15) is 23.1 Å². The average molecular weight is 1230 g/mol. The molecule has 2 unspecified atom stereocenters. The first kappa shape index (κ1) is 76.4. The molecule has 4 amide bonds. The lowest BCUT2D eigenvalue weighted by atomic mass is 9.85. The van der Waals surface area contributed by atoms with Crippen LogP contribution in [-0.4, -0.2) is 203 Å². The van der Waals surface area contributed by atoms with Gasteiger partial charge in [-0.05, 0) is 87.8 Å².